The molecule has 0 aliphatic carbocycles. The van der Waals surface area contributed by atoms with E-state index in [-0.39, 0.29) is 16.3 Å². The molecule has 0 spiro atoms. The Morgan fingerprint density at radius 2 is 2.08 bits per heavy atom. The third-order valence-electron chi connectivity index (χ3n) is 2.25. The Labute approximate surface area is 84.3 Å². The quantitative estimate of drug-likeness (QED) is 0.623. The molecular formula is C8H15BO3S. The topological polar surface area (TPSA) is 49.7 Å². The molecule has 1 aliphatic heterocycles. The second kappa shape index (κ2) is 4.69. The predicted octanol–water partition coefficient (Wildman–Crippen LogP) is -0.184. The number of hydrogen-bond donors (Lipinski definition) is 2. The Morgan fingerprint density at radius 1 is 1.46 bits per heavy atom. The number of thioether (sulfide) groups is 1. The molecule has 0 saturated carbocycles. The smallest absolute Gasteiger partial charge is 0.0950 e. The van der Waals surface area contributed by atoms with E-state index in [1.807, 2.05) is 6.92 Å². The number of ether oxygens (including phenoxy) is 1. The zero-order chi connectivity index (χ0) is 10.0. The second-order valence-electron chi connectivity index (χ2n) is 3.43. The average molecular weight is 202 g/mol. The van der Waals surface area contributed by atoms with Gasteiger partial charge in [0.25, 0.3) is 0 Å². The summed E-state index contributed by atoms with van der Waals surface area (Å²) in [6, 6.07) is 0. The van der Waals surface area contributed by atoms with Gasteiger partial charge in [-0.05, 0) is 0 Å². The van der Waals surface area contributed by atoms with Crippen LogP contribution in [0.25, 0.3) is 0 Å². The van der Waals surface area contributed by atoms with Crippen LogP contribution < -0.4 is 0 Å². The largest absolute Gasteiger partial charge is 0.389 e. The van der Waals surface area contributed by atoms with Gasteiger partial charge in [-0.1, -0.05) is 12.7 Å². The lowest BCUT2D eigenvalue weighted by atomic mass is 9.83. The summed E-state index contributed by atoms with van der Waals surface area (Å²) in [5, 5.41) is 19.1. The van der Waals surface area contributed by atoms with Crippen LogP contribution in [-0.4, -0.2) is 54.5 Å². The van der Waals surface area contributed by atoms with Crippen LogP contribution in [0.4, 0.5) is 0 Å². The number of aliphatic hydroxyl groups excluding tert-OH is 2. The van der Waals surface area contributed by atoms with Crippen LogP contribution in [-0.2, 0) is 4.74 Å². The molecule has 0 aromatic heterocycles. The summed E-state index contributed by atoms with van der Waals surface area (Å²) in [6.07, 6.45) is -1.45. The highest BCUT2D eigenvalue weighted by Crippen LogP contribution is 2.39. The summed E-state index contributed by atoms with van der Waals surface area (Å²) in [5.41, 5.74) is 0. The molecule has 0 amide bonds. The summed E-state index contributed by atoms with van der Waals surface area (Å²) in [6.45, 7) is 2.29. The fourth-order valence-corrected chi connectivity index (χ4v) is 3.02. The van der Waals surface area contributed by atoms with E-state index in [2.05, 4.69) is 0 Å². The first kappa shape index (κ1) is 11.4. The maximum absolute atomic E-state index is 9.62. The lowest BCUT2D eigenvalue weighted by Gasteiger charge is -2.18. The number of hydrogen-bond acceptors (Lipinski definition) is 4. The Balaban J connectivity index is 2.56. The maximum atomic E-state index is 9.62. The zero-order valence-electron chi connectivity index (χ0n) is 7.88. The van der Waals surface area contributed by atoms with E-state index < -0.39 is 12.2 Å². The van der Waals surface area contributed by atoms with Gasteiger partial charge in [0.05, 0.1) is 31.9 Å². The second-order valence-corrected chi connectivity index (χ2v) is 4.86. The molecular weight excluding hydrogens is 187 g/mol. The minimum absolute atomic E-state index is 0.0593. The van der Waals surface area contributed by atoms with Crippen molar-refractivity contribution in [3.8, 4) is 0 Å². The molecule has 2 radical (unpaired) electrons. The van der Waals surface area contributed by atoms with E-state index in [1.165, 1.54) is 11.8 Å². The third kappa shape index (κ3) is 2.40. The summed E-state index contributed by atoms with van der Waals surface area (Å²) in [4.78, 5) is 0. The summed E-state index contributed by atoms with van der Waals surface area (Å²) in [5.74, 6) is -0.114. The molecule has 5 heteroatoms. The van der Waals surface area contributed by atoms with E-state index >= 15 is 0 Å². The predicted molar refractivity (Wildman–Crippen MR) is 54.2 cm³/mol. The molecule has 0 aromatic rings. The lowest BCUT2D eigenvalue weighted by molar-refractivity contribution is 0.0157. The van der Waals surface area contributed by atoms with Crippen molar-refractivity contribution >= 4 is 19.6 Å². The molecule has 2 N–H and O–H groups in total. The van der Waals surface area contributed by atoms with Crippen LogP contribution in [0.2, 0.25) is 5.82 Å². The Bertz CT molecular complexity index is 167. The van der Waals surface area contributed by atoms with Crippen LogP contribution in [0.5, 0.6) is 0 Å². The van der Waals surface area contributed by atoms with Crippen molar-refractivity contribution in [2.75, 3.05) is 13.7 Å². The number of rotatable bonds is 3. The Morgan fingerprint density at radius 3 is 2.46 bits per heavy atom. The van der Waals surface area contributed by atoms with Gasteiger partial charge in [0.2, 0.25) is 0 Å². The van der Waals surface area contributed by atoms with Crippen LogP contribution in [0.1, 0.15) is 6.92 Å². The van der Waals surface area contributed by atoms with Gasteiger partial charge in [0.15, 0.2) is 0 Å². The lowest BCUT2D eigenvalue weighted by Crippen LogP contribution is -2.35. The van der Waals surface area contributed by atoms with Crippen LogP contribution in [0.15, 0.2) is 0 Å². The highest BCUT2D eigenvalue weighted by molar-refractivity contribution is 8.01. The van der Waals surface area contributed by atoms with Crippen molar-refractivity contribution < 1.29 is 14.9 Å². The molecule has 3 unspecified atom stereocenters. The Hall–Kier alpha value is 0.295. The first-order valence-corrected chi connectivity index (χ1v) is 5.28. The average Bonchev–Trinajstić information content (AvgIpc) is 2.33. The van der Waals surface area contributed by atoms with Gasteiger partial charge in [-0.2, -0.15) is 0 Å². The molecule has 13 heavy (non-hydrogen) atoms. The van der Waals surface area contributed by atoms with Crippen molar-refractivity contribution in [1.82, 2.24) is 0 Å². The molecule has 3 nitrogen and oxygen atoms in total. The van der Waals surface area contributed by atoms with E-state index in [0.717, 1.165) is 0 Å². The first-order chi connectivity index (χ1) is 6.07. The van der Waals surface area contributed by atoms with Gasteiger partial charge in [0.1, 0.15) is 0 Å². The van der Waals surface area contributed by atoms with E-state index in [1.54, 1.807) is 7.11 Å². The van der Waals surface area contributed by atoms with E-state index in [4.69, 9.17) is 12.6 Å². The van der Waals surface area contributed by atoms with Gasteiger partial charge >= 0.3 is 0 Å². The highest BCUT2D eigenvalue weighted by Gasteiger charge is 2.42. The van der Waals surface area contributed by atoms with Gasteiger partial charge in [-0.3, -0.25) is 0 Å². The fraction of sp³-hybridized carbons (Fsp3) is 1.00. The molecule has 1 heterocycles. The summed E-state index contributed by atoms with van der Waals surface area (Å²) in [7, 11) is 7.26. The maximum Gasteiger partial charge on any atom is 0.0950 e. The molecule has 74 valence electrons. The van der Waals surface area contributed by atoms with Gasteiger partial charge in [-0.25, -0.2) is 0 Å². The van der Waals surface area contributed by atoms with Gasteiger partial charge in [0, 0.05) is 12.4 Å². The van der Waals surface area contributed by atoms with Crippen LogP contribution in [0.3, 0.4) is 0 Å². The van der Waals surface area contributed by atoms with Gasteiger partial charge < -0.3 is 14.9 Å². The standard InChI is InChI=1S/C8H15BO3S/c1-4(9)8-7(11)6(10)5(13-8)3-12-2/h4-8,10-11H,3H2,1-2H3/t4-,5?,6-,7?,8?/m1/s1. The van der Waals surface area contributed by atoms with E-state index in [0.29, 0.717) is 6.61 Å². The molecule has 1 rings (SSSR count). The summed E-state index contributed by atoms with van der Waals surface area (Å²) >= 11 is 1.51. The van der Waals surface area contributed by atoms with Crippen molar-refractivity contribution in [1.29, 1.82) is 0 Å². The summed E-state index contributed by atoms with van der Waals surface area (Å²) < 4.78 is 4.94. The molecule has 0 bridgehead atoms. The zero-order valence-corrected chi connectivity index (χ0v) is 8.70. The highest BCUT2D eigenvalue weighted by atomic mass is 32.2. The number of aliphatic hydroxyl groups is 2. The van der Waals surface area contributed by atoms with Crippen molar-refractivity contribution in [2.45, 2.75) is 35.4 Å². The normalized spacial score (nSPS) is 42.2. The van der Waals surface area contributed by atoms with E-state index in [9.17, 15) is 10.2 Å². The molecule has 5 atom stereocenters. The monoisotopic (exact) mass is 202 g/mol. The molecule has 1 saturated heterocycles. The van der Waals surface area contributed by atoms with Crippen molar-refractivity contribution in [3.05, 3.63) is 0 Å². The Kier molecular flexibility index (Phi) is 4.10. The molecule has 1 fully saturated rings. The van der Waals surface area contributed by atoms with Crippen LogP contribution in [0, 0.1) is 0 Å². The van der Waals surface area contributed by atoms with Crippen molar-refractivity contribution in [3.63, 3.8) is 0 Å². The third-order valence-corrected chi connectivity index (χ3v) is 4.04. The first-order valence-electron chi connectivity index (χ1n) is 4.34. The SMILES string of the molecule is [B][C@H](C)C1SC(COC)[C@@H](O)C1O. The minimum atomic E-state index is -0.731. The van der Waals surface area contributed by atoms with Crippen LogP contribution >= 0.6 is 11.8 Å². The molecule has 0 aromatic carbocycles. The van der Waals surface area contributed by atoms with Gasteiger partial charge in [-0.15, -0.1) is 11.8 Å². The van der Waals surface area contributed by atoms with Crippen molar-refractivity contribution in [2.24, 2.45) is 0 Å². The fourth-order valence-electron chi connectivity index (χ4n) is 1.51. The molecule has 1 aliphatic rings. The minimum Gasteiger partial charge on any atom is -0.389 e. The number of methoxy groups -OCH3 is 1.